The van der Waals surface area contributed by atoms with Crippen LogP contribution in [-0.2, 0) is 4.79 Å². The van der Waals surface area contributed by atoms with Crippen molar-refractivity contribution in [2.24, 2.45) is 5.92 Å². The second kappa shape index (κ2) is 6.61. The Labute approximate surface area is 156 Å². The fourth-order valence-corrected chi connectivity index (χ4v) is 4.07. The second-order valence-corrected chi connectivity index (χ2v) is 7.75. The van der Waals surface area contributed by atoms with Crippen molar-refractivity contribution in [3.8, 4) is 5.75 Å². The summed E-state index contributed by atoms with van der Waals surface area (Å²) in [7, 11) is 1.66. The quantitative estimate of drug-likeness (QED) is 0.757. The highest BCUT2D eigenvalue weighted by Gasteiger charge is 2.34. The van der Waals surface area contributed by atoms with Crippen LogP contribution in [-0.4, -0.2) is 31.1 Å². The predicted octanol–water partition coefficient (Wildman–Crippen LogP) is 4.00. The van der Waals surface area contributed by atoms with Crippen LogP contribution < -0.4 is 15.0 Å². The Morgan fingerprint density at radius 1 is 1.23 bits per heavy atom. The molecule has 0 radical (unpaired) electrons. The summed E-state index contributed by atoms with van der Waals surface area (Å²) in [6.07, 6.45) is 0. The first-order valence-corrected chi connectivity index (χ1v) is 9.43. The smallest absolute Gasteiger partial charge is 0.231 e. The van der Waals surface area contributed by atoms with Crippen molar-refractivity contribution in [1.82, 2.24) is 4.98 Å². The first-order chi connectivity index (χ1) is 12.5. The molecule has 134 valence electrons. The number of carbonyl (C=O) groups excluding carboxylic acids is 1. The molecule has 0 saturated carbocycles. The number of anilines is 2. The van der Waals surface area contributed by atoms with Crippen LogP contribution in [0.2, 0.25) is 0 Å². The summed E-state index contributed by atoms with van der Waals surface area (Å²) >= 11 is 1.64. The van der Waals surface area contributed by atoms with E-state index in [1.165, 1.54) is 0 Å². The molecule has 1 aliphatic rings. The molecule has 1 N–H and O–H groups in total. The molecule has 1 fully saturated rings. The molecule has 0 bridgehead atoms. The highest BCUT2D eigenvalue weighted by molar-refractivity contribution is 7.22. The van der Waals surface area contributed by atoms with E-state index >= 15 is 0 Å². The lowest BCUT2D eigenvalue weighted by Crippen LogP contribution is -2.52. The van der Waals surface area contributed by atoms with Crippen molar-refractivity contribution in [3.63, 3.8) is 0 Å². The molecule has 6 heteroatoms. The zero-order valence-electron chi connectivity index (χ0n) is 15.1. The summed E-state index contributed by atoms with van der Waals surface area (Å²) in [5.41, 5.74) is 4.10. The van der Waals surface area contributed by atoms with Crippen LogP contribution in [0.25, 0.3) is 10.2 Å². The SMILES string of the molecule is COc1ccc2nc(N3CC(C(=O)Nc4cc(C)ccc4C)C3)sc2c1. The van der Waals surface area contributed by atoms with E-state index in [0.717, 1.165) is 37.9 Å². The third kappa shape index (κ3) is 3.12. The van der Waals surface area contributed by atoms with E-state index < -0.39 is 0 Å². The van der Waals surface area contributed by atoms with Gasteiger partial charge in [-0.05, 0) is 49.2 Å². The maximum Gasteiger partial charge on any atom is 0.231 e. The first-order valence-electron chi connectivity index (χ1n) is 8.61. The Hall–Kier alpha value is -2.60. The Morgan fingerprint density at radius 2 is 2.04 bits per heavy atom. The molecule has 0 aliphatic carbocycles. The number of carbonyl (C=O) groups is 1. The van der Waals surface area contributed by atoms with Gasteiger partial charge in [-0.15, -0.1) is 0 Å². The minimum absolute atomic E-state index is 0.00328. The zero-order valence-corrected chi connectivity index (χ0v) is 15.9. The van der Waals surface area contributed by atoms with Gasteiger partial charge in [0.25, 0.3) is 0 Å². The average Bonchev–Trinajstić information content (AvgIpc) is 2.99. The van der Waals surface area contributed by atoms with Gasteiger partial charge >= 0.3 is 0 Å². The normalized spacial score (nSPS) is 14.3. The number of thiazole rings is 1. The number of nitrogens with zero attached hydrogens (tertiary/aromatic N) is 2. The highest BCUT2D eigenvalue weighted by atomic mass is 32.1. The molecule has 0 atom stereocenters. The van der Waals surface area contributed by atoms with Gasteiger partial charge in [-0.1, -0.05) is 23.5 Å². The number of ether oxygens (including phenoxy) is 1. The van der Waals surface area contributed by atoms with Crippen LogP contribution in [0.15, 0.2) is 36.4 Å². The molecule has 1 aromatic heterocycles. The zero-order chi connectivity index (χ0) is 18.3. The third-order valence-corrected chi connectivity index (χ3v) is 5.84. The van der Waals surface area contributed by atoms with Gasteiger partial charge in [0.2, 0.25) is 5.91 Å². The topological polar surface area (TPSA) is 54.5 Å². The fourth-order valence-electron chi connectivity index (χ4n) is 3.06. The summed E-state index contributed by atoms with van der Waals surface area (Å²) in [5, 5.41) is 4.03. The fraction of sp³-hybridized carbons (Fsp3) is 0.300. The lowest BCUT2D eigenvalue weighted by molar-refractivity contribution is -0.120. The summed E-state index contributed by atoms with van der Waals surface area (Å²) in [6, 6.07) is 12.0. The van der Waals surface area contributed by atoms with Gasteiger partial charge in [0, 0.05) is 18.8 Å². The molecule has 2 aromatic carbocycles. The lowest BCUT2D eigenvalue weighted by atomic mass is 9.99. The number of benzene rings is 2. The van der Waals surface area contributed by atoms with Crippen molar-refractivity contribution in [3.05, 3.63) is 47.5 Å². The van der Waals surface area contributed by atoms with Crippen molar-refractivity contribution in [2.75, 3.05) is 30.4 Å². The first kappa shape index (κ1) is 16.8. The number of aryl methyl sites for hydroxylation is 2. The molecule has 0 spiro atoms. The number of methoxy groups -OCH3 is 1. The average molecular weight is 367 g/mol. The summed E-state index contributed by atoms with van der Waals surface area (Å²) in [4.78, 5) is 19.3. The maximum absolute atomic E-state index is 12.5. The standard InChI is InChI=1S/C20H21N3O2S/c1-12-4-5-13(2)17(8-12)21-19(24)14-10-23(11-14)20-22-16-7-6-15(25-3)9-18(16)26-20/h4-9,14H,10-11H2,1-3H3,(H,21,24). The predicted molar refractivity (Wildman–Crippen MR) is 106 cm³/mol. The Morgan fingerprint density at radius 3 is 2.81 bits per heavy atom. The van der Waals surface area contributed by atoms with Gasteiger partial charge in [0.05, 0.1) is 23.2 Å². The van der Waals surface area contributed by atoms with Crippen LogP contribution in [0.3, 0.4) is 0 Å². The number of nitrogens with one attached hydrogen (secondary N) is 1. The van der Waals surface area contributed by atoms with Crippen molar-refractivity contribution < 1.29 is 9.53 Å². The minimum atomic E-state index is -0.00328. The molecule has 2 heterocycles. The van der Waals surface area contributed by atoms with Gasteiger partial charge in [-0.25, -0.2) is 4.98 Å². The van der Waals surface area contributed by atoms with Gasteiger partial charge in [-0.3, -0.25) is 4.79 Å². The summed E-state index contributed by atoms with van der Waals surface area (Å²) in [6.45, 7) is 5.45. The van der Waals surface area contributed by atoms with E-state index in [4.69, 9.17) is 4.74 Å². The van der Waals surface area contributed by atoms with E-state index in [0.29, 0.717) is 13.1 Å². The summed E-state index contributed by atoms with van der Waals surface area (Å²) < 4.78 is 6.37. The van der Waals surface area contributed by atoms with E-state index in [-0.39, 0.29) is 11.8 Å². The maximum atomic E-state index is 12.5. The van der Waals surface area contributed by atoms with Crippen LogP contribution in [0, 0.1) is 19.8 Å². The lowest BCUT2D eigenvalue weighted by Gasteiger charge is -2.38. The van der Waals surface area contributed by atoms with Crippen molar-refractivity contribution in [2.45, 2.75) is 13.8 Å². The molecule has 0 unspecified atom stereocenters. The third-order valence-electron chi connectivity index (χ3n) is 4.76. The molecule has 5 nitrogen and oxygen atoms in total. The van der Waals surface area contributed by atoms with Crippen molar-refractivity contribution in [1.29, 1.82) is 0 Å². The molecular formula is C20H21N3O2S. The number of fused-ring (bicyclic) bond motifs is 1. The van der Waals surface area contributed by atoms with Crippen molar-refractivity contribution >= 4 is 38.3 Å². The number of hydrogen-bond donors (Lipinski definition) is 1. The van der Waals surface area contributed by atoms with Crippen LogP contribution in [0.4, 0.5) is 10.8 Å². The Kier molecular flexibility index (Phi) is 4.28. The van der Waals surface area contributed by atoms with E-state index in [1.807, 2.05) is 44.2 Å². The molecule has 1 aliphatic heterocycles. The van der Waals surface area contributed by atoms with Gasteiger partial charge in [0.15, 0.2) is 5.13 Å². The number of aromatic nitrogens is 1. The van der Waals surface area contributed by atoms with Crippen LogP contribution in [0.1, 0.15) is 11.1 Å². The van der Waals surface area contributed by atoms with E-state index in [1.54, 1.807) is 18.4 Å². The van der Waals surface area contributed by atoms with Crippen LogP contribution >= 0.6 is 11.3 Å². The van der Waals surface area contributed by atoms with Crippen LogP contribution in [0.5, 0.6) is 5.75 Å². The molecule has 26 heavy (non-hydrogen) atoms. The number of hydrogen-bond acceptors (Lipinski definition) is 5. The van der Waals surface area contributed by atoms with E-state index in [9.17, 15) is 4.79 Å². The summed E-state index contributed by atoms with van der Waals surface area (Å²) in [5.74, 6) is 0.913. The molecule has 3 aromatic rings. The molecule has 1 amide bonds. The molecule has 4 rings (SSSR count). The highest BCUT2D eigenvalue weighted by Crippen LogP contribution is 2.35. The van der Waals surface area contributed by atoms with Gasteiger partial charge in [-0.2, -0.15) is 0 Å². The molecule has 1 saturated heterocycles. The second-order valence-electron chi connectivity index (χ2n) is 6.74. The van der Waals surface area contributed by atoms with Gasteiger partial charge < -0.3 is 15.0 Å². The van der Waals surface area contributed by atoms with E-state index in [2.05, 4.69) is 21.3 Å². The largest absolute Gasteiger partial charge is 0.497 e. The Balaban J connectivity index is 1.41. The minimum Gasteiger partial charge on any atom is -0.497 e. The van der Waals surface area contributed by atoms with Gasteiger partial charge in [0.1, 0.15) is 5.75 Å². The number of amides is 1. The number of rotatable bonds is 4. The molecular weight excluding hydrogens is 346 g/mol. The monoisotopic (exact) mass is 367 g/mol. The Bertz CT molecular complexity index is 976.